The van der Waals surface area contributed by atoms with Gasteiger partial charge in [0.25, 0.3) is 0 Å². The number of aromatic nitrogens is 2. The molecular weight excluding hydrogens is 160 g/mol. The molecule has 5 nitrogen and oxygen atoms in total. The van der Waals surface area contributed by atoms with Gasteiger partial charge in [0.1, 0.15) is 0 Å². The highest BCUT2D eigenvalue weighted by molar-refractivity contribution is 5.66. The van der Waals surface area contributed by atoms with Crippen molar-refractivity contribution in [3.8, 4) is 0 Å². The maximum Gasteiger partial charge on any atom is 0.303 e. The number of carboxylic acid groups (broad SMARTS) is 1. The molecule has 1 atom stereocenters. The Morgan fingerprint density at radius 2 is 2.58 bits per heavy atom. The Balaban J connectivity index is 2.36. The second kappa shape index (κ2) is 3.85. The zero-order chi connectivity index (χ0) is 8.97. The molecule has 0 radical (unpaired) electrons. The molecule has 1 rings (SSSR count). The Hall–Kier alpha value is -1.39. The summed E-state index contributed by atoms with van der Waals surface area (Å²) in [6.07, 6.45) is 1.96. The average molecular weight is 170 g/mol. The maximum atomic E-state index is 10.3. The molecule has 0 fully saturated rings. The van der Waals surface area contributed by atoms with Crippen LogP contribution in [0.25, 0.3) is 0 Å². The Kier molecular flexibility index (Phi) is 2.79. The van der Waals surface area contributed by atoms with Crippen LogP contribution < -0.4 is 0 Å². The van der Waals surface area contributed by atoms with Gasteiger partial charge in [-0.05, 0) is 5.92 Å². The molecule has 1 heterocycles. The van der Waals surface area contributed by atoms with Gasteiger partial charge in [-0.2, -0.15) is 4.98 Å². The van der Waals surface area contributed by atoms with Gasteiger partial charge in [0.2, 0.25) is 5.89 Å². The van der Waals surface area contributed by atoms with Gasteiger partial charge in [0.05, 0.1) is 0 Å². The first-order chi connectivity index (χ1) is 5.68. The van der Waals surface area contributed by atoms with E-state index in [0.717, 1.165) is 0 Å². The number of aliphatic carboxylic acids is 1. The van der Waals surface area contributed by atoms with E-state index in [2.05, 4.69) is 10.1 Å². The van der Waals surface area contributed by atoms with Crippen LogP contribution in [-0.4, -0.2) is 21.2 Å². The van der Waals surface area contributed by atoms with E-state index in [9.17, 15) is 4.79 Å². The molecule has 0 aliphatic carbocycles. The molecule has 0 amide bonds. The normalized spacial score (nSPS) is 12.8. The molecule has 1 unspecified atom stereocenters. The largest absolute Gasteiger partial charge is 0.481 e. The van der Waals surface area contributed by atoms with E-state index in [0.29, 0.717) is 12.3 Å². The number of hydrogen-bond acceptors (Lipinski definition) is 4. The van der Waals surface area contributed by atoms with Crippen molar-refractivity contribution in [2.45, 2.75) is 19.8 Å². The summed E-state index contributed by atoms with van der Waals surface area (Å²) in [6, 6.07) is 0. The van der Waals surface area contributed by atoms with E-state index >= 15 is 0 Å². The lowest BCUT2D eigenvalue weighted by atomic mass is 10.0. The van der Waals surface area contributed by atoms with E-state index in [1.165, 1.54) is 6.33 Å². The fraction of sp³-hybridized carbons (Fsp3) is 0.571. The maximum absolute atomic E-state index is 10.3. The van der Waals surface area contributed by atoms with Gasteiger partial charge >= 0.3 is 5.97 Å². The molecule has 0 saturated heterocycles. The second-order valence-electron chi connectivity index (χ2n) is 2.74. The first kappa shape index (κ1) is 8.70. The number of hydrogen-bond donors (Lipinski definition) is 1. The van der Waals surface area contributed by atoms with E-state index in [1.807, 2.05) is 6.92 Å². The van der Waals surface area contributed by atoms with Crippen LogP contribution in [0.4, 0.5) is 0 Å². The molecule has 1 N–H and O–H groups in total. The smallest absolute Gasteiger partial charge is 0.303 e. The van der Waals surface area contributed by atoms with Crippen molar-refractivity contribution >= 4 is 5.97 Å². The summed E-state index contributed by atoms with van der Waals surface area (Å²) in [5.74, 6) is -0.284. The van der Waals surface area contributed by atoms with E-state index in [-0.39, 0.29) is 12.3 Å². The molecule has 0 aliphatic heterocycles. The van der Waals surface area contributed by atoms with Crippen LogP contribution in [0.1, 0.15) is 19.2 Å². The van der Waals surface area contributed by atoms with Gasteiger partial charge in [-0.15, -0.1) is 0 Å². The predicted molar refractivity (Wildman–Crippen MR) is 39.4 cm³/mol. The SMILES string of the molecule is CC(CC(=O)O)Cc1ncno1. The third kappa shape index (κ3) is 2.69. The highest BCUT2D eigenvalue weighted by atomic mass is 16.5. The summed E-state index contributed by atoms with van der Waals surface area (Å²) < 4.78 is 4.73. The summed E-state index contributed by atoms with van der Waals surface area (Å²) in [5, 5.41) is 11.9. The van der Waals surface area contributed by atoms with Gasteiger partial charge in [-0.25, -0.2) is 0 Å². The molecule has 0 bridgehead atoms. The van der Waals surface area contributed by atoms with Crippen molar-refractivity contribution < 1.29 is 14.4 Å². The first-order valence-corrected chi connectivity index (χ1v) is 3.66. The molecule has 0 aliphatic rings. The number of carboxylic acids is 1. The fourth-order valence-electron chi connectivity index (χ4n) is 0.954. The Morgan fingerprint density at radius 3 is 3.08 bits per heavy atom. The lowest BCUT2D eigenvalue weighted by Crippen LogP contribution is -2.07. The third-order valence-corrected chi connectivity index (χ3v) is 1.45. The molecule has 0 aromatic carbocycles. The molecule has 0 spiro atoms. The molecule has 12 heavy (non-hydrogen) atoms. The summed E-state index contributed by atoms with van der Waals surface area (Å²) in [6.45, 7) is 1.83. The Labute approximate surface area is 69.4 Å². The zero-order valence-electron chi connectivity index (χ0n) is 6.73. The van der Waals surface area contributed by atoms with Crippen molar-refractivity contribution in [2.75, 3.05) is 0 Å². The quantitative estimate of drug-likeness (QED) is 0.720. The molecule has 0 saturated carbocycles. The highest BCUT2D eigenvalue weighted by Crippen LogP contribution is 2.08. The molecule has 1 aromatic rings. The molecule has 1 aromatic heterocycles. The van der Waals surface area contributed by atoms with Crippen LogP contribution in [0.2, 0.25) is 0 Å². The Bertz CT molecular complexity index is 245. The van der Waals surface area contributed by atoms with Crippen molar-refractivity contribution in [1.82, 2.24) is 10.1 Å². The molecule has 66 valence electrons. The summed E-state index contributed by atoms with van der Waals surface area (Å²) in [5.41, 5.74) is 0. The fourth-order valence-corrected chi connectivity index (χ4v) is 0.954. The van der Waals surface area contributed by atoms with Gasteiger partial charge in [0, 0.05) is 12.8 Å². The van der Waals surface area contributed by atoms with Crippen molar-refractivity contribution in [3.63, 3.8) is 0 Å². The van der Waals surface area contributed by atoms with Crippen LogP contribution in [0.15, 0.2) is 10.9 Å². The molecular formula is C7H10N2O3. The van der Waals surface area contributed by atoms with Crippen LogP contribution >= 0.6 is 0 Å². The predicted octanol–water partition coefficient (Wildman–Crippen LogP) is 0.723. The van der Waals surface area contributed by atoms with E-state index in [4.69, 9.17) is 9.63 Å². The van der Waals surface area contributed by atoms with Gasteiger partial charge < -0.3 is 9.63 Å². The molecule has 5 heteroatoms. The first-order valence-electron chi connectivity index (χ1n) is 3.66. The van der Waals surface area contributed by atoms with Gasteiger partial charge in [-0.3, -0.25) is 4.79 Å². The zero-order valence-corrected chi connectivity index (χ0v) is 6.73. The van der Waals surface area contributed by atoms with Crippen LogP contribution in [0.5, 0.6) is 0 Å². The van der Waals surface area contributed by atoms with Crippen molar-refractivity contribution in [1.29, 1.82) is 0 Å². The lowest BCUT2D eigenvalue weighted by Gasteiger charge is -2.02. The third-order valence-electron chi connectivity index (χ3n) is 1.45. The van der Waals surface area contributed by atoms with Crippen LogP contribution in [-0.2, 0) is 11.2 Å². The van der Waals surface area contributed by atoms with Gasteiger partial charge in [-0.1, -0.05) is 12.1 Å². The average Bonchev–Trinajstić information content (AvgIpc) is 2.37. The second-order valence-corrected chi connectivity index (χ2v) is 2.74. The minimum absolute atomic E-state index is 0.0305. The summed E-state index contributed by atoms with van der Waals surface area (Å²) >= 11 is 0. The topological polar surface area (TPSA) is 76.2 Å². The minimum atomic E-state index is -0.804. The van der Waals surface area contributed by atoms with E-state index < -0.39 is 5.97 Å². The highest BCUT2D eigenvalue weighted by Gasteiger charge is 2.11. The monoisotopic (exact) mass is 170 g/mol. The van der Waals surface area contributed by atoms with Crippen molar-refractivity contribution in [3.05, 3.63) is 12.2 Å². The summed E-state index contributed by atoms with van der Waals surface area (Å²) in [7, 11) is 0. The lowest BCUT2D eigenvalue weighted by molar-refractivity contribution is -0.137. The van der Waals surface area contributed by atoms with Crippen LogP contribution in [0, 0.1) is 5.92 Å². The van der Waals surface area contributed by atoms with Crippen molar-refractivity contribution in [2.24, 2.45) is 5.92 Å². The Morgan fingerprint density at radius 1 is 1.83 bits per heavy atom. The number of nitrogens with zero attached hydrogens (tertiary/aromatic N) is 2. The number of rotatable bonds is 4. The van der Waals surface area contributed by atoms with Crippen LogP contribution in [0.3, 0.4) is 0 Å². The minimum Gasteiger partial charge on any atom is -0.481 e. The van der Waals surface area contributed by atoms with E-state index in [1.54, 1.807) is 0 Å². The standard InChI is InChI=1S/C7H10N2O3/c1-5(3-7(10)11)2-6-8-4-9-12-6/h4-5H,2-3H2,1H3,(H,10,11). The summed E-state index contributed by atoms with van der Waals surface area (Å²) in [4.78, 5) is 14.1. The number of carbonyl (C=O) groups is 1. The van der Waals surface area contributed by atoms with Gasteiger partial charge in [0.15, 0.2) is 6.33 Å².